The third-order valence-corrected chi connectivity index (χ3v) is 5.37. The van der Waals surface area contributed by atoms with E-state index in [4.69, 9.17) is 11.6 Å². The molecule has 1 unspecified atom stereocenters. The van der Waals surface area contributed by atoms with Crippen LogP contribution < -0.4 is 0 Å². The number of fused-ring (bicyclic) bond motifs is 3. The maximum absolute atomic E-state index is 11.3. The number of halogens is 1. The quantitative estimate of drug-likeness (QED) is 0.775. The highest BCUT2D eigenvalue weighted by atomic mass is 35.5. The van der Waals surface area contributed by atoms with Gasteiger partial charge in [0.1, 0.15) is 0 Å². The second-order valence-electron chi connectivity index (χ2n) is 5.41. The smallest absolute Gasteiger partial charge is 0.156 e. The zero-order chi connectivity index (χ0) is 13.6. The van der Waals surface area contributed by atoms with Crippen LogP contribution in [0.2, 0.25) is 5.02 Å². The van der Waals surface area contributed by atoms with Gasteiger partial charge >= 0.3 is 8.03 Å². The molecule has 2 nitrogen and oxygen atoms in total. The summed E-state index contributed by atoms with van der Waals surface area (Å²) in [5, 5.41) is 1.43. The summed E-state index contributed by atoms with van der Waals surface area (Å²) in [6, 6.07) is 6.06. The molecule has 0 spiro atoms. The van der Waals surface area contributed by atoms with Crippen LogP contribution in [-0.2, 0) is 16.4 Å². The molecule has 1 N–H and O–H groups in total. The summed E-state index contributed by atoms with van der Waals surface area (Å²) in [5.74, 6) is 0. The molecule has 0 saturated carbocycles. The maximum Gasteiger partial charge on any atom is 0.541 e. The number of hydrogen-bond donors (Lipinski definition) is 1. The summed E-state index contributed by atoms with van der Waals surface area (Å²) in [5.41, 5.74) is 3.69. The largest absolute Gasteiger partial charge is 0.541 e. The Hall–Kier alpha value is -0.950. The summed E-state index contributed by atoms with van der Waals surface area (Å²) in [4.78, 5) is 9.28. The van der Waals surface area contributed by atoms with Gasteiger partial charge in [0.05, 0.1) is 0 Å². The van der Waals surface area contributed by atoms with Crippen LogP contribution in [0.4, 0.5) is 0 Å². The molecule has 19 heavy (non-hydrogen) atoms. The normalized spacial score (nSPS) is 25.9. The van der Waals surface area contributed by atoms with Crippen molar-refractivity contribution in [1.29, 1.82) is 0 Å². The van der Waals surface area contributed by atoms with Gasteiger partial charge in [-0.1, -0.05) is 30.7 Å². The molecule has 2 aliphatic rings. The fourth-order valence-electron chi connectivity index (χ4n) is 3.15. The lowest BCUT2D eigenvalue weighted by Gasteiger charge is -2.38. The summed E-state index contributed by atoms with van der Waals surface area (Å²) < 4.78 is 11.3. The second-order valence-corrected chi connectivity index (χ2v) is 6.96. The van der Waals surface area contributed by atoms with Crippen molar-refractivity contribution in [2.75, 3.05) is 0 Å². The molecule has 0 fully saturated rings. The average Bonchev–Trinajstić information content (AvgIpc) is 2.37. The molecule has 4 heteroatoms. The van der Waals surface area contributed by atoms with Crippen LogP contribution in [0, 0.1) is 0 Å². The molecule has 0 amide bonds. The molecule has 2 aliphatic carbocycles. The van der Waals surface area contributed by atoms with Crippen molar-refractivity contribution in [2.24, 2.45) is 0 Å². The molecule has 0 heterocycles. The van der Waals surface area contributed by atoms with Crippen LogP contribution in [0.25, 0.3) is 0 Å². The van der Waals surface area contributed by atoms with Crippen molar-refractivity contribution in [3.63, 3.8) is 0 Å². The summed E-state index contributed by atoms with van der Waals surface area (Å²) in [7, 11) is -2.20. The average molecular weight is 294 g/mol. The molecule has 0 bridgehead atoms. The van der Waals surface area contributed by atoms with Crippen LogP contribution in [0.5, 0.6) is 0 Å². The van der Waals surface area contributed by atoms with Crippen LogP contribution in [0.1, 0.15) is 30.9 Å². The van der Waals surface area contributed by atoms with Gasteiger partial charge in [0, 0.05) is 16.9 Å². The van der Waals surface area contributed by atoms with Gasteiger partial charge in [0.25, 0.3) is 0 Å². The molecule has 0 aliphatic heterocycles. The SMILES string of the molecule is C[C@]12CCC([P+](=O)O)=CC1=CCc1cc(Cl)ccc12. The number of hydrogen-bond acceptors (Lipinski definition) is 1. The summed E-state index contributed by atoms with van der Waals surface area (Å²) in [6.07, 6.45) is 6.48. The van der Waals surface area contributed by atoms with Gasteiger partial charge in [0.15, 0.2) is 0 Å². The van der Waals surface area contributed by atoms with E-state index in [9.17, 15) is 9.46 Å². The second kappa shape index (κ2) is 4.56. The topological polar surface area (TPSA) is 37.3 Å². The number of rotatable bonds is 1. The number of allylic oxidation sites excluding steroid dienone is 4. The molecule has 1 aromatic rings. The highest BCUT2D eigenvalue weighted by molar-refractivity contribution is 7.43. The van der Waals surface area contributed by atoms with E-state index in [1.54, 1.807) is 0 Å². The van der Waals surface area contributed by atoms with Gasteiger partial charge in [-0.2, -0.15) is 4.89 Å². The first-order valence-electron chi connectivity index (χ1n) is 6.37. The minimum atomic E-state index is -2.20. The van der Waals surface area contributed by atoms with Crippen molar-refractivity contribution in [1.82, 2.24) is 0 Å². The third-order valence-electron chi connectivity index (χ3n) is 4.29. The Balaban J connectivity index is 2.11. The van der Waals surface area contributed by atoms with Gasteiger partial charge in [-0.25, -0.2) is 0 Å². The predicted octanol–water partition coefficient (Wildman–Crippen LogP) is 4.49. The lowest BCUT2D eigenvalue weighted by molar-refractivity contribution is 0.479. The van der Waals surface area contributed by atoms with Crippen molar-refractivity contribution >= 4 is 19.6 Å². The van der Waals surface area contributed by atoms with Gasteiger partial charge in [0.2, 0.25) is 5.31 Å². The maximum atomic E-state index is 11.3. The van der Waals surface area contributed by atoms with E-state index in [1.807, 2.05) is 18.2 Å². The fraction of sp³-hybridized carbons (Fsp3) is 0.333. The predicted molar refractivity (Wildman–Crippen MR) is 77.7 cm³/mol. The Morgan fingerprint density at radius 2 is 2.21 bits per heavy atom. The van der Waals surface area contributed by atoms with Gasteiger partial charge in [-0.05, 0) is 52.3 Å². The Bertz CT molecular complexity index is 633. The van der Waals surface area contributed by atoms with Crippen molar-refractivity contribution < 1.29 is 9.46 Å². The van der Waals surface area contributed by atoms with Crippen LogP contribution in [0.3, 0.4) is 0 Å². The van der Waals surface area contributed by atoms with E-state index in [0.717, 1.165) is 17.9 Å². The van der Waals surface area contributed by atoms with Gasteiger partial charge < -0.3 is 0 Å². The third kappa shape index (κ3) is 2.08. The van der Waals surface area contributed by atoms with Gasteiger partial charge in [-0.3, -0.25) is 0 Å². The zero-order valence-electron chi connectivity index (χ0n) is 10.7. The first-order chi connectivity index (χ1) is 9.00. The van der Waals surface area contributed by atoms with E-state index in [1.165, 1.54) is 16.7 Å². The lowest BCUT2D eigenvalue weighted by Crippen LogP contribution is -2.30. The van der Waals surface area contributed by atoms with E-state index >= 15 is 0 Å². The molecule has 98 valence electrons. The van der Waals surface area contributed by atoms with Gasteiger partial charge in [-0.15, -0.1) is 0 Å². The monoisotopic (exact) mass is 293 g/mol. The molecule has 2 atom stereocenters. The minimum absolute atomic E-state index is 0.0486. The molecule has 0 saturated heterocycles. The van der Waals surface area contributed by atoms with Crippen LogP contribution in [0.15, 0.2) is 41.2 Å². The first-order valence-corrected chi connectivity index (χ1v) is 7.96. The molecule has 0 aromatic heterocycles. The van der Waals surface area contributed by atoms with E-state index in [2.05, 4.69) is 19.1 Å². The molecule has 3 rings (SSSR count). The Kier molecular flexibility index (Phi) is 3.13. The summed E-state index contributed by atoms with van der Waals surface area (Å²) in [6.45, 7) is 2.21. The minimum Gasteiger partial charge on any atom is -0.156 e. The number of benzene rings is 1. The van der Waals surface area contributed by atoms with E-state index in [-0.39, 0.29) is 5.41 Å². The Morgan fingerprint density at radius 3 is 2.95 bits per heavy atom. The van der Waals surface area contributed by atoms with Crippen molar-refractivity contribution in [2.45, 2.75) is 31.6 Å². The lowest BCUT2D eigenvalue weighted by atomic mass is 9.65. The highest BCUT2D eigenvalue weighted by Gasteiger charge is 2.40. The van der Waals surface area contributed by atoms with Crippen molar-refractivity contribution in [3.8, 4) is 0 Å². The van der Waals surface area contributed by atoms with E-state index < -0.39 is 8.03 Å². The Morgan fingerprint density at radius 1 is 1.42 bits per heavy atom. The Labute approximate surface area is 118 Å². The first kappa shape index (κ1) is 13.1. The molecule has 1 aromatic carbocycles. The standard InChI is InChI=1S/C15H14ClO2P/c1-15-7-6-13(19(17)18)9-11(15)3-2-10-8-12(16)4-5-14(10)15/h3-5,8-9H,2,6-7H2,1H3/p+1/t15-/m0/s1. The zero-order valence-corrected chi connectivity index (χ0v) is 12.3. The van der Waals surface area contributed by atoms with Crippen molar-refractivity contribution in [3.05, 3.63) is 57.4 Å². The molecular formula is C15H15ClO2P+. The molecular weight excluding hydrogens is 279 g/mol. The fourth-order valence-corrected chi connectivity index (χ4v) is 3.90. The van der Waals surface area contributed by atoms with Crippen LogP contribution >= 0.6 is 19.6 Å². The van der Waals surface area contributed by atoms with E-state index in [0.29, 0.717) is 11.7 Å². The summed E-state index contributed by atoms with van der Waals surface area (Å²) >= 11 is 6.06. The molecule has 0 radical (unpaired) electrons. The highest BCUT2D eigenvalue weighted by Crippen LogP contribution is 2.50. The van der Waals surface area contributed by atoms with Crippen LogP contribution in [-0.4, -0.2) is 4.89 Å².